The van der Waals surface area contributed by atoms with Crippen LogP contribution < -0.4 is 5.56 Å². The molecule has 0 unspecified atom stereocenters. The number of nitrogens with zero attached hydrogens (tertiary/aromatic N) is 4. The lowest BCUT2D eigenvalue weighted by atomic mass is 10.1. The predicted molar refractivity (Wildman–Crippen MR) is 96.5 cm³/mol. The summed E-state index contributed by atoms with van der Waals surface area (Å²) in [5, 5.41) is 10.9. The average molecular weight is 429 g/mol. The van der Waals surface area contributed by atoms with Crippen LogP contribution in [0.5, 0.6) is 0 Å². The van der Waals surface area contributed by atoms with Crippen LogP contribution in [0.3, 0.4) is 0 Å². The number of nitro groups is 1. The minimum atomic E-state index is -0.656. The molecule has 0 aliphatic carbocycles. The fourth-order valence-corrected chi connectivity index (χ4v) is 3.24. The number of non-ortho nitro benzene ring substituents is 1. The van der Waals surface area contributed by atoms with Gasteiger partial charge in [0, 0.05) is 28.9 Å². The van der Waals surface area contributed by atoms with Gasteiger partial charge in [0.2, 0.25) is 0 Å². The Morgan fingerprint density at radius 1 is 1.04 bits per heavy atom. The van der Waals surface area contributed by atoms with Gasteiger partial charge in [-0.05, 0) is 34.1 Å². The number of amides is 2. The predicted octanol–water partition coefficient (Wildman–Crippen LogP) is 2.16. The summed E-state index contributed by atoms with van der Waals surface area (Å²) < 4.78 is 2.04. The van der Waals surface area contributed by atoms with Gasteiger partial charge in [-0.25, -0.2) is 4.98 Å². The second kappa shape index (κ2) is 6.09. The summed E-state index contributed by atoms with van der Waals surface area (Å²) in [5.74, 6) is -1.24. The van der Waals surface area contributed by atoms with E-state index in [1.54, 1.807) is 18.3 Å². The highest BCUT2D eigenvalue weighted by molar-refractivity contribution is 9.10. The molecule has 1 aromatic carbocycles. The third-order valence-electron chi connectivity index (χ3n) is 4.16. The number of aromatic nitrogens is 2. The Bertz CT molecular complexity index is 1220. The average Bonchev–Trinajstić information content (AvgIpc) is 2.87. The maximum atomic E-state index is 12.5. The number of imide groups is 1. The van der Waals surface area contributed by atoms with Crippen LogP contribution in [0.25, 0.3) is 5.65 Å². The largest absolute Gasteiger partial charge is 0.270 e. The molecule has 2 aromatic heterocycles. The topological polar surface area (TPSA) is 115 Å². The summed E-state index contributed by atoms with van der Waals surface area (Å²) >= 11 is 3.27. The monoisotopic (exact) mass is 428 g/mol. The zero-order valence-corrected chi connectivity index (χ0v) is 15.0. The molecule has 0 saturated heterocycles. The number of fused-ring (bicyclic) bond motifs is 2. The highest BCUT2D eigenvalue weighted by atomic mass is 79.9. The van der Waals surface area contributed by atoms with Crippen LogP contribution in [-0.2, 0) is 6.54 Å². The van der Waals surface area contributed by atoms with E-state index in [1.807, 2.05) is 0 Å². The Labute approximate surface area is 159 Å². The summed E-state index contributed by atoms with van der Waals surface area (Å²) in [7, 11) is 0. The second-order valence-electron chi connectivity index (χ2n) is 5.84. The summed E-state index contributed by atoms with van der Waals surface area (Å²) in [6.07, 6.45) is 1.57. The van der Waals surface area contributed by atoms with Gasteiger partial charge in [0.1, 0.15) is 5.65 Å². The van der Waals surface area contributed by atoms with Gasteiger partial charge in [-0.15, -0.1) is 0 Å². The van der Waals surface area contributed by atoms with Crippen molar-refractivity contribution in [2.24, 2.45) is 0 Å². The van der Waals surface area contributed by atoms with Crippen LogP contribution in [0.4, 0.5) is 5.69 Å². The summed E-state index contributed by atoms with van der Waals surface area (Å²) in [6.45, 7) is -0.206. The molecule has 134 valence electrons. The van der Waals surface area contributed by atoms with Crippen molar-refractivity contribution in [1.82, 2.24) is 14.3 Å². The number of nitro benzene ring substituents is 1. The Hall–Kier alpha value is -3.40. The molecule has 0 saturated carbocycles. The maximum Gasteiger partial charge on any atom is 0.270 e. The lowest BCUT2D eigenvalue weighted by molar-refractivity contribution is -0.384. The zero-order valence-electron chi connectivity index (χ0n) is 13.5. The Morgan fingerprint density at radius 2 is 1.78 bits per heavy atom. The van der Waals surface area contributed by atoms with Crippen molar-refractivity contribution in [3.63, 3.8) is 0 Å². The lowest BCUT2D eigenvalue weighted by Gasteiger charge is -2.13. The van der Waals surface area contributed by atoms with Crippen molar-refractivity contribution >= 4 is 39.1 Å². The minimum Gasteiger partial charge on any atom is -0.269 e. The van der Waals surface area contributed by atoms with E-state index in [4.69, 9.17) is 0 Å². The molecule has 9 nitrogen and oxygen atoms in total. The fourth-order valence-electron chi connectivity index (χ4n) is 2.90. The maximum absolute atomic E-state index is 12.5. The van der Waals surface area contributed by atoms with Gasteiger partial charge in [0.25, 0.3) is 23.1 Å². The number of carbonyl (C=O) groups is 2. The first kappa shape index (κ1) is 17.0. The Balaban J connectivity index is 1.71. The van der Waals surface area contributed by atoms with Gasteiger partial charge in [-0.1, -0.05) is 0 Å². The number of carbonyl (C=O) groups excluding carboxylic acids is 2. The molecule has 0 atom stereocenters. The highest BCUT2D eigenvalue weighted by Gasteiger charge is 2.37. The smallest absolute Gasteiger partial charge is 0.269 e. The molecule has 1 aliphatic rings. The van der Waals surface area contributed by atoms with Crippen LogP contribution in [-0.4, -0.2) is 31.0 Å². The van der Waals surface area contributed by atoms with E-state index >= 15 is 0 Å². The van der Waals surface area contributed by atoms with E-state index in [0.717, 1.165) is 11.0 Å². The van der Waals surface area contributed by atoms with Gasteiger partial charge in [-0.2, -0.15) is 0 Å². The van der Waals surface area contributed by atoms with Crippen molar-refractivity contribution in [3.05, 3.63) is 84.4 Å². The van der Waals surface area contributed by atoms with E-state index in [1.165, 1.54) is 22.6 Å². The minimum absolute atomic E-state index is 0.0318. The van der Waals surface area contributed by atoms with Crippen LogP contribution in [0.2, 0.25) is 0 Å². The molecule has 3 heterocycles. The first-order valence-electron chi connectivity index (χ1n) is 7.67. The fraction of sp³-hybridized carbons (Fsp3) is 0.0588. The van der Waals surface area contributed by atoms with Gasteiger partial charge in [0.15, 0.2) is 0 Å². The summed E-state index contributed by atoms with van der Waals surface area (Å²) in [4.78, 5) is 52.8. The van der Waals surface area contributed by atoms with E-state index < -0.39 is 16.7 Å². The molecule has 27 heavy (non-hydrogen) atoms. The normalized spacial score (nSPS) is 13.3. The van der Waals surface area contributed by atoms with E-state index in [2.05, 4.69) is 20.9 Å². The number of benzene rings is 1. The highest BCUT2D eigenvalue weighted by Crippen LogP contribution is 2.27. The molecule has 0 radical (unpaired) electrons. The van der Waals surface area contributed by atoms with E-state index in [9.17, 15) is 24.5 Å². The molecule has 0 spiro atoms. The molecular weight excluding hydrogens is 420 g/mol. The summed E-state index contributed by atoms with van der Waals surface area (Å²) in [5.41, 5.74) is 0.0370. The Kier molecular flexibility index (Phi) is 3.84. The molecule has 10 heteroatoms. The van der Waals surface area contributed by atoms with Gasteiger partial charge < -0.3 is 0 Å². The first-order chi connectivity index (χ1) is 12.8. The Morgan fingerprint density at radius 3 is 2.52 bits per heavy atom. The molecule has 0 fully saturated rings. The standard InChI is InChI=1S/C17H9BrN4O5/c18-9-1-4-14-19-10(5-15(23)20(14)7-9)8-21-16(24)12-3-2-11(22(26)27)6-13(12)17(21)25/h1-7H,8H2. The number of hydrogen-bond donors (Lipinski definition) is 0. The second-order valence-corrected chi connectivity index (χ2v) is 6.76. The third-order valence-corrected chi connectivity index (χ3v) is 4.63. The van der Waals surface area contributed by atoms with Crippen molar-refractivity contribution in [1.29, 1.82) is 0 Å². The van der Waals surface area contributed by atoms with Crippen molar-refractivity contribution < 1.29 is 14.5 Å². The molecule has 3 aromatic rings. The number of halogens is 1. The quantitative estimate of drug-likeness (QED) is 0.358. The van der Waals surface area contributed by atoms with Gasteiger partial charge in [0.05, 0.1) is 28.3 Å². The molecule has 0 N–H and O–H groups in total. The first-order valence-corrected chi connectivity index (χ1v) is 8.47. The van der Waals surface area contributed by atoms with Gasteiger partial charge >= 0.3 is 0 Å². The number of pyridine rings is 1. The van der Waals surface area contributed by atoms with Crippen LogP contribution in [0.1, 0.15) is 26.4 Å². The van der Waals surface area contributed by atoms with Crippen LogP contribution in [0, 0.1) is 10.1 Å². The molecule has 4 rings (SSSR count). The van der Waals surface area contributed by atoms with Crippen molar-refractivity contribution in [3.8, 4) is 0 Å². The molecule has 2 amide bonds. The third kappa shape index (κ3) is 2.79. The van der Waals surface area contributed by atoms with Crippen molar-refractivity contribution in [2.45, 2.75) is 6.54 Å². The lowest BCUT2D eigenvalue weighted by Crippen LogP contribution is -2.30. The van der Waals surface area contributed by atoms with Crippen LogP contribution in [0.15, 0.2) is 51.9 Å². The molecule has 1 aliphatic heterocycles. The molecule has 0 bridgehead atoms. The van der Waals surface area contributed by atoms with Crippen LogP contribution >= 0.6 is 15.9 Å². The number of hydrogen-bond acceptors (Lipinski definition) is 6. The SMILES string of the molecule is O=C1c2ccc([N+](=O)[O-])cc2C(=O)N1Cc1cc(=O)n2cc(Br)ccc2n1. The van der Waals surface area contributed by atoms with Crippen molar-refractivity contribution in [2.75, 3.05) is 0 Å². The van der Waals surface area contributed by atoms with E-state index in [-0.39, 0.29) is 34.6 Å². The van der Waals surface area contributed by atoms with E-state index in [0.29, 0.717) is 10.1 Å². The zero-order chi connectivity index (χ0) is 19.3. The summed E-state index contributed by atoms with van der Waals surface area (Å²) in [6, 6.07) is 8.09. The molecular formula is C17H9BrN4O5. The number of rotatable bonds is 3. The van der Waals surface area contributed by atoms with Gasteiger partial charge in [-0.3, -0.25) is 33.8 Å².